The second kappa shape index (κ2) is 4.77. The highest BCUT2D eigenvalue weighted by molar-refractivity contribution is 5.64. The topological polar surface area (TPSA) is 62.3 Å². The van der Waals surface area contributed by atoms with Crippen LogP contribution in [0.5, 0.6) is 11.5 Å². The van der Waals surface area contributed by atoms with E-state index in [2.05, 4.69) is 17.7 Å². The first-order chi connectivity index (χ1) is 10.2. The van der Waals surface area contributed by atoms with Gasteiger partial charge in [-0.3, -0.25) is 0 Å². The minimum Gasteiger partial charge on any atom is -0.486 e. The molecule has 110 valence electrons. The van der Waals surface area contributed by atoms with Gasteiger partial charge in [-0.05, 0) is 31.5 Å². The highest BCUT2D eigenvalue weighted by Gasteiger charge is 2.25. The molecule has 0 spiro atoms. The molecule has 3 heterocycles. The first-order valence-electron chi connectivity index (χ1n) is 7.46. The Labute approximate surface area is 123 Å². The molecule has 0 aliphatic carbocycles. The summed E-state index contributed by atoms with van der Waals surface area (Å²) in [6.07, 6.45) is 4.04. The standard InChI is InChI=1S/C16H19N3O2/c1-10-12(17)3-5-16-18-13(9-19(10)16)11-2-4-14-15(8-11)21-7-6-20-14/h2,4,8-10,12H,3,5-7,17H2,1H3. The molecule has 0 fully saturated rings. The Kier molecular flexibility index (Phi) is 2.89. The van der Waals surface area contributed by atoms with Gasteiger partial charge in [0.25, 0.3) is 0 Å². The number of hydrogen-bond acceptors (Lipinski definition) is 4. The Bertz CT molecular complexity index is 680. The summed E-state index contributed by atoms with van der Waals surface area (Å²) in [6.45, 7) is 3.37. The van der Waals surface area contributed by atoms with E-state index in [4.69, 9.17) is 20.2 Å². The van der Waals surface area contributed by atoms with E-state index < -0.39 is 0 Å². The van der Waals surface area contributed by atoms with Crippen molar-refractivity contribution < 1.29 is 9.47 Å². The molecule has 0 amide bonds. The molecule has 0 bridgehead atoms. The molecule has 1 aromatic carbocycles. The van der Waals surface area contributed by atoms with Crippen LogP contribution in [0, 0.1) is 0 Å². The molecule has 4 rings (SSSR count). The van der Waals surface area contributed by atoms with Crippen molar-refractivity contribution in [3.05, 3.63) is 30.2 Å². The number of imidazole rings is 1. The van der Waals surface area contributed by atoms with Gasteiger partial charge in [0.2, 0.25) is 0 Å². The van der Waals surface area contributed by atoms with Crippen molar-refractivity contribution in [1.29, 1.82) is 0 Å². The summed E-state index contributed by atoms with van der Waals surface area (Å²) in [4.78, 5) is 4.77. The lowest BCUT2D eigenvalue weighted by atomic mass is 10.0. The zero-order valence-corrected chi connectivity index (χ0v) is 12.1. The molecule has 2 aromatic rings. The van der Waals surface area contributed by atoms with Crippen molar-refractivity contribution in [1.82, 2.24) is 9.55 Å². The van der Waals surface area contributed by atoms with Crippen LogP contribution in [0.3, 0.4) is 0 Å². The van der Waals surface area contributed by atoms with Gasteiger partial charge in [0.1, 0.15) is 19.0 Å². The molecule has 0 radical (unpaired) electrons. The van der Waals surface area contributed by atoms with Gasteiger partial charge in [0.15, 0.2) is 11.5 Å². The summed E-state index contributed by atoms with van der Waals surface area (Å²) in [5, 5.41) is 0. The van der Waals surface area contributed by atoms with Gasteiger partial charge in [-0.2, -0.15) is 0 Å². The van der Waals surface area contributed by atoms with E-state index in [0.717, 1.165) is 41.4 Å². The summed E-state index contributed by atoms with van der Waals surface area (Å²) < 4.78 is 13.4. The van der Waals surface area contributed by atoms with E-state index in [-0.39, 0.29) is 6.04 Å². The lowest BCUT2D eigenvalue weighted by Crippen LogP contribution is -2.35. The van der Waals surface area contributed by atoms with Crippen LogP contribution in [0.1, 0.15) is 25.2 Å². The molecule has 21 heavy (non-hydrogen) atoms. The lowest BCUT2D eigenvalue weighted by molar-refractivity contribution is 0.171. The molecule has 2 unspecified atom stereocenters. The monoisotopic (exact) mass is 285 g/mol. The quantitative estimate of drug-likeness (QED) is 0.872. The van der Waals surface area contributed by atoms with Crippen LogP contribution in [-0.2, 0) is 6.42 Å². The maximum Gasteiger partial charge on any atom is 0.162 e. The highest BCUT2D eigenvalue weighted by atomic mass is 16.6. The van der Waals surface area contributed by atoms with Crippen LogP contribution < -0.4 is 15.2 Å². The second-order valence-electron chi connectivity index (χ2n) is 5.75. The van der Waals surface area contributed by atoms with Gasteiger partial charge in [-0.15, -0.1) is 0 Å². The third-order valence-corrected chi connectivity index (χ3v) is 4.41. The molecule has 1 aromatic heterocycles. The number of aromatic nitrogens is 2. The zero-order valence-electron chi connectivity index (χ0n) is 12.1. The van der Waals surface area contributed by atoms with Gasteiger partial charge < -0.3 is 19.8 Å². The Hall–Kier alpha value is -2.01. The van der Waals surface area contributed by atoms with Crippen molar-refractivity contribution >= 4 is 0 Å². The van der Waals surface area contributed by atoms with E-state index in [1.54, 1.807) is 0 Å². The van der Waals surface area contributed by atoms with Gasteiger partial charge in [-0.1, -0.05) is 0 Å². The number of rotatable bonds is 1. The number of aryl methyl sites for hydroxylation is 1. The second-order valence-corrected chi connectivity index (χ2v) is 5.75. The maximum atomic E-state index is 6.15. The van der Waals surface area contributed by atoms with E-state index in [1.165, 1.54) is 0 Å². The normalized spacial score (nSPS) is 23.7. The smallest absolute Gasteiger partial charge is 0.162 e. The number of nitrogens with zero attached hydrogens (tertiary/aromatic N) is 2. The number of ether oxygens (including phenoxy) is 2. The van der Waals surface area contributed by atoms with Crippen molar-refractivity contribution in [2.45, 2.75) is 31.8 Å². The largest absolute Gasteiger partial charge is 0.486 e. The summed E-state index contributed by atoms with van der Waals surface area (Å²) in [6, 6.07) is 6.50. The minimum atomic E-state index is 0.208. The number of nitrogens with two attached hydrogens (primary N) is 1. The van der Waals surface area contributed by atoms with Gasteiger partial charge in [-0.25, -0.2) is 4.98 Å². The molecule has 5 nitrogen and oxygen atoms in total. The highest BCUT2D eigenvalue weighted by Crippen LogP contribution is 2.35. The van der Waals surface area contributed by atoms with E-state index in [0.29, 0.717) is 19.3 Å². The zero-order chi connectivity index (χ0) is 14.4. The van der Waals surface area contributed by atoms with E-state index in [9.17, 15) is 0 Å². The predicted octanol–water partition coefficient (Wildman–Crippen LogP) is 2.16. The maximum absolute atomic E-state index is 6.15. The summed E-state index contributed by atoms with van der Waals surface area (Å²) in [7, 11) is 0. The molecule has 0 saturated carbocycles. The fourth-order valence-electron chi connectivity index (χ4n) is 3.05. The van der Waals surface area contributed by atoms with Crippen LogP contribution >= 0.6 is 0 Å². The average Bonchev–Trinajstić information content (AvgIpc) is 2.95. The van der Waals surface area contributed by atoms with Crippen molar-refractivity contribution in [2.24, 2.45) is 5.73 Å². The van der Waals surface area contributed by atoms with Gasteiger partial charge in [0, 0.05) is 30.3 Å². The first kappa shape index (κ1) is 12.7. The average molecular weight is 285 g/mol. The van der Waals surface area contributed by atoms with Crippen LogP contribution in [0.15, 0.2) is 24.4 Å². The summed E-state index contributed by atoms with van der Waals surface area (Å²) >= 11 is 0. The van der Waals surface area contributed by atoms with Crippen LogP contribution in [0.2, 0.25) is 0 Å². The number of fused-ring (bicyclic) bond motifs is 2. The van der Waals surface area contributed by atoms with E-state index in [1.807, 2.05) is 18.2 Å². The molecule has 2 N–H and O–H groups in total. The number of benzene rings is 1. The third kappa shape index (κ3) is 2.08. The fraction of sp³-hybridized carbons (Fsp3) is 0.438. The van der Waals surface area contributed by atoms with Gasteiger partial charge in [0.05, 0.1) is 5.69 Å². The van der Waals surface area contributed by atoms with Crippen molar-refractivity contribution in [3.8, 4) is 22.8 Å². The lowest BCUT2D eigenvalue weighted by Gasteiger charge is -2.27. The molecular weight excluding hydrogens is 266 g/mol. The van der Waals surface area contributed by atoms with Gasteiger partial charge >= 0.3 is 0 Å². The Morgan fingerprint density at radius 2 is 2.05 bits per heavy atom. The Morgan fingerprint density at radius 3 is 2.90 bits per heavy atom. The van der Waals surface area contributed by atoms with Crippen molar-refractivity contribution in [2.75, 3.05) is 13.2 Å². The van der Waals surface area contributed by atoms with Crippen molar-refractivity contribution in [3.63, 3.8) is 0 Å². The minimum absolute atomic E-state index is 0.208. The van der Waals surface area contributed by atoms with Crippen LogP contribution in [0.4, 0.5) is 0 Å². The van der Waals surface area contributed by atoms with Crippen LogP contribution in [0.25, 0.3) is 11.3 Å². The summed E-state index contributed by atoms with van der Waals surface area (Å²) in [5.74, 6) is 2.73. The number of hydrogen-bond donors (Lipinski definition) is 1. The van der Waals surface area contributed by atoms with E-state index >= 15 is 0 Å². The SMILES string of the molecule is CC1C(N)CCc2nc(-c3ccc4c(c3)OCCO4)cn21. The summed E-state index contributed by atoms with van der Waals surface area (Å²) in [5.41, 5.74) is 8.18. The molecule has 5 heteroatoms. The predicted molar refractivity (Wildman–Crippen MR) is 79.7 cm³/mol. The Morgan fingerprint density at radius 1 is 1.24 bits per heavy atom. The fourth-order valence-corrected chi connectivity index (χ4v) is 3.05. The molecule has 0 saturated heterocycles. The molecule has 2 aliphatic rings. The molecule has 2 atom stereocenters. The van der Waals surface area contributed by atoms with Crippen LogP contribution in [-0.4, -0.2) is 28.8 Å². The molecule has 2 aliphatic heterocycles. The molecular formula is C16H19N3O2. The third-order valence-electron chi connectivity index (χ3n) is 4.41. The Balaban J connectivity index is 1.73. The first-order valence-corrected chi connectivity index (χ1v) is 7.46.